The van der Waals surface area contributed by atoms with Crippen molar-refractivity contribution in [1.82, 2.24) is 0 Å². The summed E-state index contributed by atoms with van der Waals surface area (Å²) in [5.41, 5.74) is 1.43. The SMILES string of the molecule is O=C(O)CCc1ccc(F)c(-c2cccc(F)c2)c1. The molecule has 0 saturated heterocycles. The van der Waals surface area contributed by atoms with Crippen molar-refractivity contribution >= 4 is 5.97 Å². The lowest BCUT2D eigenvalue weighted by atomic mass is 10.0. The average Bonchev–Trinajstić information content (AvgIpc) is 2.37. The van der Waals surface area contributed by atoms with Gasteiger partial charge in [-0.2, -0.15) is 0 Å². The summed E-state index contributed by atoms with van der Waals surface area (Å²) in [7, 11) is 0. The number of halogens is 2. The van der Waals surface area contributed by atoms with Gasteiger partial charge in [-0.15, -0.1) is 0 Å². The Morgan fingerprint density at radius 2 is 1.89 bits per heavy atom. The van der Waals surface area contributed by atoms with Gasteiger partial charge in [0.1, 0.15) is 11.6 Å². The van der Waals surface area contributed by atoms with Crippen LogP contribution in [0, 0.1) is 11.6 Å². The summed E-state index contributed by atoms with van der Waals surface area (Å²) < 4.78 is 26.9. The normalized spacial score (nSPS) is 10.4. The Morgan fingerprint density at radius 1 is 1.11 bits per heavy atom. The van der Waals surface area contributed by atoms with Crippen LogP contribution in [0.3, 0.4) is 0 Å². The Balaban J connectivity index is 2.34. The molecule has 0 amide bonds. The summed E-state index contributed by atoms with van der Waals surface area (Å²) in [5, 5.41) is 8.63. The monoisotopic (exact) mass is 262 g/mol. The third-order valence-corrected chi connectivity index (χ3v) is 2.79. The van der Waals surface area contributed by atoms with Crippen molar-refractivity contribution in [2.45, 2.75) is 12.8 Å². The fourth-order valence-corrected chi connectivity index (χ4v) is 1.86. The molecule has 2 rings (SSSR count). The van der Waals surface area contributed by atoms with Gasteiger partial charge in [0.05, 0.1) is 0 Å². The van der Waals surface area contributed by atoms with Crippen LogP contribution in [0.25, 0.3) is 11.1 Å². The van der Waals surface area contributed by atoms with E-state index in [0.29, 0.717) is 17.5 Å². The van der Waals surface area contributed by atoms with Crippen LogP contribution in [-0.2, 0) is 11.2 Å². The maximum atomic E-state index is 13.7. The predicted octanol–water partition coefficient (Wildman–Crippen LogP) is 3.65. The van der Waals surface area contributed by atoms with Crippen LogP contribution >= 0.6 is 0 Å². The molecule has 0 atom stereocenters. The molecule has 0 fully saturated rings. The Labute approximate surface area is 109 Å². The summed E-state index contributed by atoms with van der Waals surface area (Å²) in [6, 6.07) is 10.0. The van der Waals surface area contributed by atoms with E-state index in [0.717, 1.165) is 0 Å². The Morgan fingerprint density at radius 3 is 2.58 bits per heavy atom. The lowest BCUT2D eigenvalue weighted by Gasteiger charge is -2.07. The zero-order valence-electron chi connectivity index (χ0n) is 10.1. The molecule has 98 valence electrons. The van der Waals surface area contributed by atoms with Gasteiger partial charge in [0.25, 0.3) is 0 Å². The lowest BCUT2D eigenvalue weighted by Crippen LogP contribution is -1.98. The number of hydrogen-bond donors (Lipinski definition) is 1. The van der Waals surface area contributed by atoms with Crippen LogP contribution in [0.2, 0.25) is 0 Å². The van der Waals surface area contributed by atoms with Crippen molar-refractivity contribution in [3.05, 3.63) is 59.7 Å². The lowest BCUT2D eigenvalue weighted by molar-refractivity contribution is -0.136. The number of benzene rings is 2. The van der Waals surface area contributed by atoms with Gasteiger partial charge in [-0.25, -0.2) is 8.78 Å². The minimum Gasteiger partial charge on any atom is -0.481 e. The van der Waals surface area contributed by atoms with E-state index in [1.807, 2.05) is 0 Å². The van der Waals surface area contributed by atoms with E-state index in [1.54, 1.807) is 18.2 Å². The van der Waals surface area contributed by atoms with Crippen LogP contribution in [0.4, 0.5) is 8.78 Å². The molecule has 0 aliphatic heterocycles. The van der Waals surface area contributed by atoms with Crippen LogP contribution in [0.5, 0.6) is 0 Å². The van der Waals surface area contributed by atoms with E-state index in [4.69, 9.17) is 5.11 Å². The van der Waals surface area contributed by atoms with E-state index in [-0.39, 0.29) is 12.0 Å². The first-order valence-electron chi connectivity index (χ1n) is 5.82. The number of aliphatic carboxylic acids is 1. The van der Waals surface area contributed by atoms with E-state index < -0.39 is 17.6 Å². The standard InChI is InChI=1S/C15H12F2O2/c16-12-3-1-2-11(9-12)13-8-10(4-6-14(13)17)5-7-15(18)19/h1-4,6,8-9H,5,7H2,(H,18,19). The molecule has 0 saturated carbocycles. The first kappa shape index (κ1) is 13.2. The maximum Gasteiger partial charge on any atom is 0.303 e. The maximum absolute atomic E-state index is 13.7. The molecule has 0 aromatic heterocycles. The molecule has 19 heavy (non-hydrogen) atoms. The number of carbonyl (C=O) groups is 1. The molecule has 2 nitrogen and oxygen atoms in total. The molecule has 2 aromatic carbocycles. The second-order valence-corrected chi connectivity index (χ2v) is 4.22. The second kappa shape index (κ2) is 5.61. The zero-order chi connectivity index (χ0) is 13.8. The first-order chi connectivity index (χ1) is 9.06. The molecular weight excluding hydrogens is 250 g/mol. The van der Waals surface area contributed by atoms with Crippen molar-refractivity contribution in [3.8, 4) is 11.1 Å². The third kappa shape index (κ3) is 3.37. The number of rotatable bonds is 4. The average molecular weight is 262 g/mol. The van der Waals surface area contributed by atoms with Crippen LogP contribution in [0.15, 0.2) is 42.5 Å². The summed E-state index contributed by atoms with van der Waals surface area (Å²) >= 11 is 0. The summed E-state index contributed by atoms with van der Waals surface area (Å²) in [6.07, 6.45) is 0.298. The minimum absolute atomic E-state index is 0.0196. The summed E-state index contributed by atoms with van der Waals surface area (Å²) in [4.78, 5) is 10.5. The van der Waals surface area contributed by atoms with E-state index in [1.165, 1.54) is 24.3 Å². The van der Waals surface area contributed by atoms with Gasteiger partial charge < -0.3 is 5.11 Å². The van der Waals surface area contributed by atoms with Crippen LogP contribution in [-0.4, -0.2) is 11.1 Å². The molecule has 0 aliphatic carbocycles. The molecule has 4 heteroatoms. The molecule has 0 radical (unpaired) electrons. The summed E-state index contributed by atoms with van der Waals surface area (Å²) in [6.45, 7) is 0. The van der Waals surface area contributed by atoms with E-state index in [9.17, 15) is 13.6 Å². The van der Waals surface area contributed by atoms with Gasteiger partial charge >= 0.3 is 5.97 Å². The quantitative estimate of drug-likeness (QED) is 0.913. The number of aryl methyl sites for hydroxylation is 1. The summed E-state index contributed by atoms with van der Waals surface area (Å²) in [5.74, 6) is -1.80. The highest BCUT2D eigenvalue weighted by atomic mass is 19.1. The fourth-order valence-electron chi connectivity index (χ4n) is 1.86. The highest BCUT2D eigenvalue weighted by Crippen LogP contribution is 2.25. The third-order valence-electron chi connectivity index (χ3n) is 2.79. The van der Waals surface area contributed by atoms with Crippen molar-refractivity contribution in [1.29, 1.82) is 0 Å². The molecule has 1 N–H and O–H groups in total. The number of carboxylic acids is 1. The van der Waals surface area contributed by atoms with Crippen molar-refractivity contribution in [3.63, 3.8) is 0 Å². The Bertz CT molecular complexity index is 609. The Kier molecular flexibility index (Phi) is 3.90. The molecular formula is C15H12F2O2. The highest BCUT2D eigenvalue weighted by molar-refractivity contribution is 5.68. The largest absolute Gasteiger partial charge is 0.481 e. The van der Waals surface area contributed by atoms with Crippen LogP contribution in [0.1, 0.15) is 12.0 Å². The molecule has 0 bridgehead atoms. The predicted molar refractivity (Wildman–Crippen MR) is 67.8 cm³/mol. The van der Waals surface area contributed by atoms with Gasteiger partial charge in [0, 0.05) is 12.0 Å². The topological polar surface area (TPSA) is 37.3 Å². The Hall–Kier alpha value is -2.23. The fraction of sp³-hybridized carbons (Fsp3) is 0.133. The second-order valence-electron chi connectivity index (χ2n) is 4.22. The van der Waals surface area contributed by atoms with Gasteiger partial charge in [0.15, 0.2) is 0 Å². The molecule has 0 unspecified atom stereocenters. The smallest absolute Gasteiger partial charge is 0.303 e. The van der Waals surface area contributed by atoms with Gasteiger partial charge in [-0.3, -0.25) is 4.79 Å². The van der Waals surface area contributed by atoms with Crippen molar-refractivity contribution in [2.75, 3.05) is 0 Å². The van der Waals surface area contributed by atoms with Gasteiger partial charge in [0.2, 0.25) is 0 Å². The van der Waals surface area contributed by atoms with Crippen LogP contribution < -0.4 is 0 Å². The van der Waals surface area contributed by atoms with Gasteiger partial charge in [-0.05, 0) is 41.8 Å². The minimum atomic E-state index is -0.906. The van der Waals surface area contributed by atoms with E-state index >= 15 is 0 Å². The van der Waals surface area contributed by atoms with Gasteiger partial charge in [-0.1, -0.05) is 18.2 Å². The highest BCUT2D eigenvalue weighted by Gasteiger charge is 2.08. The van der Waals surface area contributed by atoms with E-state index in [2.05, 4.69) is 0 Å². The molecule has 0 spiro atoms. The number of carboxylic acid groups (broad SMARTS) is 1. The molecule has 0 heterocycles. The first-order valence-corrected chi connectivity index (χ1v) is 5.82. The van der Waals surface area contributed by atoms with Crippen molar-refractivity contribution < 1.29 is 18.7 Å². The zero-order valence-corrected chi connectivity index (χ0v) is 10.1. The number of hydrogen-bond acceptors (Lipinski definition) is 1. The molecule has 2 aromatic rings. The van der Waals surface area contributed by atoms with Crippen molar-refractivity contribution in [2.24, 2.45) is 0 Å². The molecule has 0 aliphatic rings.